The lowest BCUT2D eigenvalue weighted by Gasteiger charge is -2.24. The largest absolute Gasteiger partial charge is 0.479 e. The summed E-state index contributed by atoms with van der Waals surface area (Å²) < 4.78 is 30.8. The van der Waals surface area contributed by atoms with Crippen LogP contribution in [0.3, 0.4) is 0 Å². The number of alkyl halides is 1. The average Bonchev–Trinajstić information content (AvgIpc) is 2.84. The molecule has 2 aromatic rings. The number of nitrogens with zero attached hydrogens (tertiary/aromatic N) is 4. The van der Waals surface area contributed by atoms with E-state index in [0.29, 0.717) is 29.3 Å². The first-order valence-electron chi connectivity index (χ1n) is 6.58. The third-order valence-electron chi connectivity index (χ3n) is 3.63. The molecule has 0 amide bonds. The van der Waals surface area contributed by atoms with E-state index in [4.69, 9.17) is 16.3 Å². The normalized spacial score (nSPS) is 21.5. The van der Waals surface area contributed by atoms with Gasteiger partial charge in [0.1, 0.15) is 12.2 Å². The van der Waals surface area contributed by atoms with Crippen LogP contribution in [0, 0.1) is 0 Å². The Balaban J connectivity index is 2.17. The molecule has 9 heteroatoms. The summed E-state index contributed by atoms with van der Waals surface area (Å²) in [6.07, 6.45) is 2.78. The number of rotatable bonds is 3. The highest BCUT2D eigenvalue weighted by atomic mass is 35.5. The molecule has 1 aliphatic heterocycles. The number of fused-ring (bicyclic) bond motifs is 1. The Kier molecular flexibility index (Phi) is 3.75. The second kappa shape index (κ2) is 5.42. The number of ether oxygens (including phenoxy) is 1. The minimum Gasteiger partial charge on any atom is -0.479 e. The van der Waals surface area contributed by atoms with Crippen molar-refractivity contribution in [3.05, 3.63) is 12.2 Å². The number of hydrogen-bond acceptors (Lipinski definition) is 6. The lowest BCUT2D eigenvalue weighted by molar-refractivity contribution is 0.401. The molecule has 0 bridgehead atoms. The summed E-state index contributed by atoms with van der Waals surface area (Å²) in [5, 5.41) is 0. The summed E-state index contributed by atoms with van der Waals surface area (Å²) >= 11 is 5.97. The van der Waals surface area contributed by atoms with E-state index in [1.807, 2.05) is 4.57 Å². The number of imidazole rings is 1. The fourth-order valence-electron chi connectivity index (χ4n) is 2.76. The first-order chi connectivity index (χ1) is 10.1. The van der Waals surface area contributed by atoms with Crippen LogP contribution in [0.4, 0.5) is 0 Å². The molecule has 1 aliphatic rings. The predicted octanol–water partition coefficient (Wildman–Crippen LogP) is 1.32. The molecule has 1 saturated heterocycles. The van der Waals surface area contributed by atoms with Crippen LogP contribution in [0.5, 0.6) is 5.88 Å². The number of methoxy groups -OCH3 is 1. The van der Waals surface area contributed by atoms with Crippen molar-refractivity contribution in [2.45, 2.75) is 24.8 Å². The first-order valence-corrected chi connectivity index (χ1v) is 8.93. The molecule has 21 heavy (non-hydrogen) atoms. The van der Waals surface area contributed by atoms with Crippen LogP contribution in [-0.2, 0) is 15.7 Å². The van der Waals surface area contributed by atoms with Gasteiger partial charge in [0.2, 0.25) is 5.88 Å². The second-order valence-electron chi connectivity index (χ2n) is 5.00. The topological polar surface area (TPSA) is 87.0 Å². The van der Waals surface area contributed by atoms with Gasteiger partial charge in [-0.15, -0.1) is 11.6 Å². The number of aromatic nitrogens is 4. The van der Waals surface area contributed by atoms with Crippen LogP contribution in [0.25, 0.3) is 11.2 Å². The minimum absolute atomic E-state index is 0.0919. The number of halogens is 1. The van der Waals surface area contributed by atoms with Gasteiger partial charge in [0.05, 0.1) is 30.5 Å². The van der Waals surface area contributed by atoms with E-state index < -0.39 is 9.84 Å². The molecule has 1 atom stereocenters. The molecule has 2 aromatic heterocycles. The van der Waals surface area contributed by atoms with Crippen molar-refractivity contribution in [3.8, 4) is 5.88 Å². The van der Waals surface area contributed by atoms with Gasteiger partial charge in [-0.25, -0.2) is 18.4 Å². The Hall–Kier alpha value is -1.41. The minimum atomic E-state index is -3.03. The van der Waals surface area contributed by atoms with E-state index in [9.17, 15) is 8.42 Å². The van der Waals surface area contributed by atoms with Crippen molar-refractivity contribution in [1.82, 2.24) is 19.5 Å². The zero-order valence-corrected chi connectivity index (χ0v) is 13.1. The van der Waals surface area contributed by atoms with Crippen LogP contribution in [0.2, 0.25) is 0 Å². The highest BCUT2D eigenvalue weighted by Crippen LogP contribution is 2.30. The number of hydrogen-bond donors (Lipinski definition) is 0. The van der Waals surface area contributed by atoms with Crippen LogP contribution in [0.1, 0.15) is 24.7 Å². The maximum Gasteiger partial charge on any atom is 0.245 e. The Labute approximate surface area is 127 Å². The molecule has 3 rings (SSSR count). The van der Waals surface area contributed by atoms with Gasteiger partial charge in [0.15, 0.2) is 21.0 Å². The Bertz CT molecular complexity index is 774. The molecular formula is C12H15ClN4O3S. The van der Waals surface area contributed by atoms with Crippen LogP contribution < -0.4 is 4.74 Å². The van der Waals surface area contributed by atoms with Gasteiger partial charge in [-0.2, -0.15) is 4.98 Å². The van der Waals surface area contributed by atoms with Gasteiger partial charge < -0.3 is 9.30 Å². The third-order valence-corrected chi connectivity index (χ3v) is 5.68. The maximum absolute atomic E-state index is 11.9. The van der Waals surface area contributed by atoms with Gasteiger partial charge in [-0.3, -0.25) is 0 Å². The summed E-state index contributed by atoms with van der Waals surface area (Å²) in [7, 11) is -1.53. The molecule has 0 aromatic carbocycles. The van der Waals surface area contributed by atoms with Crippen molar-refractivity contribution >= 4 is 32.6 Å². The molecule has 0 radical (unpaired) electrons. The number of sulfone groups is 1. The molecule has 1 fully saturated rings. The monoisotopic (exact) mass is 330 g/mol. The van der Waals surface area contributed by atoms with E-state index >= 15 is 0 Å². The van der Waals surface area contributed by atoms with Crippen molar-refractivity contribution in [2.75, 3.05) is 18.6 Å². The quantitative estimate of drug-likeness (QED) is 0.789. The SMILES string of the molecule is COc1ncnc2c1nc(CCl)n2C1CCCS(=O)(=O)C1. The summed E-state index contributed by atoms with van der Waals surface area (Å²) in [4.78, 5) is 12.7. The standard InChI is InChI=1S/C12H15ClN4O3S/c1-20-12-10-11(14-7-15-12)17(9(5-13)16-10)8-3-2-4-21(18,19)6-8/h7-8H,2-6H2,1H3. The van der Waals surface area contributed by atoms with Crippen molar-refractivity contribution in [1.29, 1.82) is 0 Å². The highest BCUT2D eigenvalue weighted by molar-refractivity contribution is 7.91. The molecule has 7 nitrogen and oxygen atoms in total. The van der Waals surface area contributed by atoms with Gasteiger partial charge in [-0.1, -0.05) is 0 Å². The Morgan fingerprint density at radius 3 is 2.95 bits per heavy atom. The molecule has 114 valence electrons. The highest BCUT2D eigenvalue weighted by Gasteiger charge is 2.29. The van der Waals surface area contributed by atoms with E-state index in [0.717, 1.165) is 6.42 Å². The fraction of sp³-hybridized carbons (Fsp3) is 0.583. The molecule has 0 saturated carbocycles. The van der Waals surface area contributed by atoms with Gasteiger partial charge in [0, 0.05) is 0 Å². The van der Waals surface area contributed by atoms with Gasteiger partial charge >= 0.3 is 0 Å². The molecule has 0 aliphatic carbocycles. The van der Waals surface area contributed by atoms with Crippen LogP contribution in [0.15, 0.2) is 6.33 Å². The molecule has 3 heterocycles. The average molecular weight is 331 g/mol. The summed E-state index contributed by atoms with van der Waals surface area (Å²) in [6, 6.07) is -0.192. The van der Waals surface area contributed by atoms with E-state index in [2.05, 4.69) is 15.0 Å². The van der Waals surface area contributed by atoms with Crippen LogP contribution in [-0.4, -0.2) is 46.6 Å². The van der Waals surface area contributed by atoms with Gasteiger partial charge in [0.25, 0.3) is 0 Å². The third kappa shape index (κ3) is 2.57. The van der Waals surface area contributed by atoms with Crippen LogP contribution >= 0.6 is 11.6 Å². The summed E-state index contributed by atoms with van der Waals surface area (Å²) in [5.41, 5.74) is 1.08. The van der Waals surface area contributed by atoms with Crippen molar-refractivity contribution in [3.63, 3.8) is 0 Å². The Morgan fingerprint density at radius 2 is 2.29 bits per heavy atom. The first kappa shape index (κ1) is 14.5. The zero-order chi connectivity index (χ0) is 15.0. The second-order valence-corrected chi connectivity index (χ2v) is 7.49. The van der Waals surface area contributed by atoms with E-state index in [-0.39, 0.29) is 23.4 Å². The molecular weight excluding hydrogens is 316 g/mol. The Morgan fingerprint density at radius 1 is 1.48 bits per heavy atom. The summed E-state index contributed by atoms with van der Waals surface area (Å²) in [5.74, 6) is 1.46. The van der Waals surface area contributed by atoms with Crippen molar-refractivity contribution < 1.29 is 13.2 Å². The molecule has 1 unspecified atom stereocenters. The predicted molar refractivity (Wildman–Crippen MR) is 78.4 cm³/mol. The zero-order valence-electron chi connectivity index (χ0n) is 11.5. The van der Waals surface area contributed by atoms with E-state index in [1.54, 1.807) is 0 Å². The fourth-order valence-corrected chi connectivity index (χ4v) is 4.63. The molecule has 0 spiro atoms. The smallest absolute Gasteiger partial charge is 0.245 e. The lowest BCUT2D eigenvalue weighted by atomic mass is 10.2. The van der Waals surface area contributed by atoms with E-state index in [1.165, 1.54) is 13.4 Å². The summed E-state index contributed by atoms with van der Waals surface area (Å²) in [6.45, 7) is 0. The van der Waals surface area contributed by atoms with Gasteiger partial charge in [-0.05, 0) is 12.8 Å². The molecule has 0 N–H and O–H groups in total. The maximum atomic E-state index is 11.9. The lowest BCUT2D eigenvalue weighted by Crippen LogP contribution is -2.28. The van der Waals surface area contributed by atoms with Crippen molar-refractivity contribution in [2.24, 2.45) is 0 Å².